The van der Waals surface area contributed by atoms with Crippen LogP contribution in [-0.4, -0.2) is 60.0 Å². The van der Waals surface area contributed by atoms with Crippen LogP contribution < -0.4 is 0 Å². The molecule has 1 heterocycles. The van der Waals surface area contributed by atoms with Crippen molar-refractivity contribution in [2.24, 2.45) is 0 Å². The van der Waals surface area contributed by atoms with Crippen LogP contribution >= 0.6 is 0 Å². The summed E-state index contributed by atoms with van der Waals surface area (Å²) in [7, 11) is 2.69. The summed E-state index contributed by atoms with van der Waals surface area (Å²) in [6.07, 6.45) is -4.68. The van der Waals surface area contributed by atoms with Gasteiger partial charge in [0.05, 0.1) is 0 Å². The second-order valence-electron chi connectivity index (χ2n) is 4.41. The fraction of sp³-hybridized carbons (Fsp3) is 0.417. The summed E-state index contributed by atoms with van der Waals surface area (Å²) in [4.78, 5) is 28.0. The van der Waals surface area contributed by atoms with Crippen molar-refractivity contribution in [1.29, 1.82) is 0 Å². The SMILES string of the molecule is CN(C)C(=O)CN(CC(F)(F)F)C(=O)c1cccc(F)n1. The van der Waals surface area contributed by atoms with E-state index in [1.54, 1.807) is 0 Å². The Morgan fingerprint density at radius 2 is 1.86 bits per heavy atom. The van der Waals surface area contributed by atoms with Gasteiger partial charge in [-0.2, -0.15) is 17.6 Å². The van der Waals surface area contributed by atoms with E-state index in [0.717, 1.165) is 23.1 Å². The highest BCUT2D eigenvalue weighted by Crippen LogP contribution is 2.18. The minimum absolute atomic E-state index is 0.282. The first-order valence-electron chi connectivity index (χ1n) is 5.79. The van der Waals surface area contributed by atoms with Crippen LogP contribution in [0.4, 0.5) is 17.6 Å². The predicted octanol–water partition coefficient (Wildman–Crippen LogP) is 1.31. The van der Waals surface area contributed by atoms with E-state index in [9.17, 15) is 27.2 Å². The smallest absolute Gasteiger partial charge is 0.347 e. The molecule has 9 heteroatoms. The average molecular weight is 307 g/mol. The Bertz CT molecular complexity index is 531. The average Bonchev–Trinajstić information content (AvgIpc) is 2.35. The molecular weight excluding hydrogens is 294 g/mol. The molecule has 0 aromatic carbocycles. The number of halogens is 4. The van der Waals surface area contributed by atoms with E-state index < -0.39 is 42.7 Å². The maximum absolute atomic E-state index is 12.9. The molecule has 0 atom stereocenters. The molecular formula is C12H13F4N3O2. The third kappa shape index (κ3) is 5.36. The molecule has 0 N–H and O–H groups in total. The molecule has 2 amide bonds. The van der Waals surface area contributed by atoms with Gasteiger partial charge in [0.1, 0.15) is 18.8 Å². The number of carbonyl (C=O) groups is 2. The molecule has 0 unspecified atom stereocenters. The number of alkyl halides is 3. The Kier molecular flexibility index (Phi) is 5.23. The lowest BCUT2D eigenvalue weighted by Crippen LogP contribution is -2.45. The Labute approximate surface area is 118 Å². The van der Waals surface area contributed by atoms with Gasteiger partial charge < -0.3 is 9.80 Å². The molecule has 0 saturated heterocycles. The molecule has 5 nitrogen and oxygen atoms in total. The van der Waals surface area contributed by atoms with Gasteiger partial charge >= 0.3 is 6.18 Å². The second kappa shape index (κ2) is 6.51. The quantitative estimate of drug-likeness (QED) is 0.622. The summed E-state index contributed by atoms with van der Waals surface area (Å²) in [5, 5.41) is 0. The third-order valence-corrected chi connectivity index (χ3v) is 2.42. The van der Waals surface area contributed by atoms with Gasteiger partial charge in [-0.05, 0) is 12.1 Å². The van der Waals surface area contributed by atoms with Gasteiger partial charge in [0.15, 0.2) is 0 Å². The molecule has 1 rings (SSSR count). The van der Waals surface area contributed by atoms with Crippen LogP contribution in [0.3, 0.4) is 0 Å². The zero-order valence-electron chi connectivity index (χ0n) is 11.3. The summed E-state index contributed by atoms with van der Waals surface area (Å²) < 4.78 is 50.4. The number of hydrogen-bond acceptors (Lipinski definition) is 3. The topological polar surface area (TPSA) is 53.5 Å². The molecule has 0 aliphatic heterocycles. The first-order chi connectivity index (χ1) is 9.60. The number of hydrogen-bond donors (Lipinski definition) is 0. The summed E-state index contributed by atoms with van der Waals surface area (Å²) >= 11 is 0. The van der Waals surface area contributed by atoms with E-state index in [-0.39, 0.29) is 4.90 Å². The number of pyridine rings is 1. The highest BCUT2D eigenvalue weighted by molar-refractivity contribution is 5.94. The van der Waals surface area contributed by atoms with E-state index >= 15 is 0 Å². The van der Waals surface area contributed by atoms with Gasteiger partial charge in [-0.25, -0.2) is 4.98 Å². The summed E-state index contributed by atoms with van der Waals surface area (Å²) in [6, 6.07) is 3.18. The van der Waals surface area contributed by atoms with Gasteiger partial charge in [-0.3, -0.25) is 9.59 Å². The van der Waals surface area contributed by atoms with E-state index in [1.165, 1.54) is 14.1 Å². The van der Waals surface area contributed by atoms with Crippen molar-refractivity contribution in [3.8, 4) is 0 Å². The molecule has 0 aliphatic rings. The zero-order valence-corrected chi connectivity index (χ0v) is 11.3. The Morgan fingerprint density at radius 1 is 1.24 bits per heavy atom. The first kappa shape index (κ1) is 16.9. The molecule has 0 radical (unpaired) electrons. The van der Waals surface area contributed by atoms with Crippen LogP contribution in [0.2, 0.25) is 0 Å². The number of amides is 2. The minimum atomic E-state index is -4.68. The van der Waals surface area contributed by atoms with Crippen LogP contribution in [0, 0.1) is 5.95 Å². The molecule has 116 valence electrons. The lowest BCUT2D eigenvalue weighted by atomic mass is 10.3. The van der Waals surface area contributed by atoms with Crippen molar-refractivity contribution < 1.29 is 27.2 Å². The van der Waals surface area contributed by atoms with Crippen LogP contribution in [0.1, 0.15) is 10.5 Å². The van der Waals surface area contributed by atoms with Crippen LogP contribution in [0.5, 0.6) is 0 Å². The van der Waals surface area contributed by atoms with Gasteiger partial charge in [0.25, 0.3) is 5.91 Å². The molecule has 1 aromatic rings. The Morgan fingerprint density at radius 3 is 2.33 bits per heavy atom. The van der Waals surface area contributed by atoms with Crippen molar-refractivity contribution in [2.75, 3.05) is 27.2 Å². The molecule has 0 aliphatic carbocycles. The van der Waals surface area contributed by atoms with Crippen molar-refractivity contribution in [1.82, 2.24) is 14.8 Å². The van der Waals surface area contributed by atoms with Crippen molar-refractivity contribution in [3.63, 3.8) is 0 Å². The largest absolute Gasteiger partial charge is 0.406 e. The fourth-order valence-electron chi connectivity index (χ4n) is 1.41. The van der Waals surface area contributed by atoms with E-state index in [0.29, 0.717) is 0 Å². The van der Waals surface area contributed by atoms with Gasteiger partial charge in [-0.15, -0.1) is 0 Å². The van der Waals surface area contributed by atoms with Crippen LogP contribution in [0.25, 0.3) is 0 Å². The fourth-order valence-corrected chi connectivity index (χ4v) is 1.41. The van der Waals surface area contributed by atoms with E-state index in [1.807, 2.05) is 0 Å². The summed E-state index contributed by atoms with van der Waals surface area (Å²) in [6.45, 7) is -2.40. The molecule has 0 saturated carbocycles. The van der Waals surface area contributed by atoms with Gasteiger partial charge in [-0.1, -0.05) is 6.07 Å². The standard InChI is InChI=1S/C12H13F4N3O2/c1-18(2)10(20)6-19(7-12(14,15)16)11(21)8-4-3-5-9(13)17-8/h3-5H,6-7H2,1-2H3. The number of carbonyl (C=O) groups excluding carboxylic acids is 2. The molecule has 1 aromatic heterocycles. The molecule has 0 spiro atoms. The predicted molar refractivity (Wildman–Crippen MR) is 64.8 cm³/mol. The van der Waals surface area contributed by atoms with Gasteiger partial charge in [0.2, 0.25) is 11.9 Å². The van der Waals surface area contributed by atoms with Crippen molar-refractivity contribution >= 4 is 11.8 Å². The normalized spacial score (nSPS) is 11.1. The third-order valence-electron chi connectivity index (χ3n) is 2.42. The Balaban J connectivity index is 3.00. The highest BCUT2D eigenvalue weighted by Gasteiger charge is 2.35. The number of likely N-dealkylation sites (N-methyl/N-ethyl adjacent to an activating group) is 1. The van der Waals surface area contributed by atoms with Crippen molar-refractivity contribution in [2.45, 2.75) is 6.18 Å². The lowest BCUT2D eigenvalue weighted by Gasteiger charge is -2.24. The summed E-state index contributed by atoms with van der Waals surface area (Å²) in [5.41, 5.74) is -0.495. The van der Waals surface area contributed by atoms with Crippen LogP contribution in [0.15, 0.2) is 18.2 Å². The maximum atomic E-state index is 12.9. The second-order valence-corrected chi connectivity index (χ2v) is 4.41. The number of nitrogens with zero attached hydrogens (tertiary/aromatic N) is 3. The summed E-state index contributed by atoms with van der Waals surface area (Å²) in [5.74, 6) is -2.85. The number of aromatic nitrogens is 1. The van der Waals surface area contributed by atoms with Crippen LogP contribution in [-0.2, 0) is 4.79 Å². The lowest BCUT2D eigenvalue weighted by molar-refractivity contribution is -0.146. The first-order valence-corrected chi connectivity index (χ1v) is 5.79. The van der Waals surface area contributed by atoms with E-state index in [4.69, 9.17) is 0 Å². The molecule has 21 heavy (non-hydrogen) atoms. The monoisotopic (exact) mass is 307 g/mol. The maximum Gasteiger partial charge on any atom is 0.406 e. The minimum Gasteiger partial charge on any atom is -0.347 e. The molecule has 0 fully saturated rings. The Hall–Kier alpha value is -2.19. The zero-order chi connectivity index (χ0) is 16.2. The van der Waals surface area contributed by atoms with Gasteiger partial charge in [0, 0.05) is 14.1 Å². The highest BCUT2D eigenvalue weighted by atomic mass is 19.4. The van der Waals surface area contributed by atoms with E-state index in [2.05, 4.69) is 4.98 Å². The van der Waals surface area contributed by atoms with Crippen molar-refractivity contribution in [3.05, 3.63) is 29.8 Å². The number of rotatable bonds is 4. The molecule has 0 bridgehead atoms.